The minimum atomic E-state index is -0.633. The Balaban J connectivity index is 1.61. The number of benzene rings is 3. The first kappa shape index (κ1) is 19.7. The number of hydrogen-bond donors (Lipinski definition) is 3. The third kappa shape index (κ3) is 6.01. The molecule has 0 aromatic heterocycles. The topological polar surface area (TPSA) is 84.7 Å². The summed E-state index contributed by atoms with van der Waals surface area (Å²) in [5.41, 5.74) is 14.9. The highest BCUT2D eigenvalue weighted by Gasteiger charge is 2.14. The number of ether oxygens (including phenoxy) is 1. The minimum absolute atomic E-state index is 0.184. The van der Waals surface area contributed by atoms with Crippen LogP contribution in [0, 0.1) is 0 Å². The van der Waals surface area contributed by atoms with Crippen molar-refractivity contribution in [3.63, 3.8) is 0 Å². The predicted octanol–water partition coefficient (Wildman–Crippen LogP) is 3.29. The lowest BCUT2D eigenvalue weighted by molar-refractivity contribution is 0.0629. The number of rotatable bonds is 9. The number of aliphatic hydroxyl groups is 1. The second kappa shape index (κ2) is 9.78. The van der Waals surface area contributed by atoms with Crippen LogP contribution in [-0.2, 0) is 13.1 Å². The normalized spacial score (nSPS) is 12.1. The lowest BCUT2D eigenvalue weighted by Gasteiger charge is -2.25. The summed E-state index contributed by atoms with van der Waals surface area (Å²) in [5, 5.41) is 10.5. The fourth-order valence-corrected chi connectivity index (χ4v) is 3.05. The van der Waals surface area contributed by atoms with Gasteiger partial charge in [0.2, 0.25) is 0 Å². The highest BCUT2D eigenvalue weighted by Crippen LogP contribution is 2.21. The van der Waals surface area contributed by atoms with E-state index in [1.165, 1.54) is 11.1 Å². The Labute approximate surface area is 166 Å². The molecule has 28 heavy (non-hydrogen) atoms. The van der Waals surface area contributed by atoms with Gasteiger partial charge in [-0.15, -0.1) is 0 Å². The van der Waals surface area contributed by atoms with Crippen LogP contribution < -0.4 is 16.2 Å². The molecular weight excluding hydrogens is 350 g/mol. The second-order valence-electron chi connectivity index (χ2n) is 6.90. The molecule has 1 unspecified atom stereocenters. The molecule has 0 heterocycles. The van der Waals surface area contributed by atoms with Crippen LogP contribution in [0.15, 0.2) is 78.9 Å². The van der Waals surface area contributed by atoms with Crippen molar-refractivity contribution in [2.75, 3.05) is 24.6 Å². The van der Waals surface area contributed by atoms with Gasteiger partial charge in [-0.25, -0.2) is 0 Å². The van der Waals surface area contributed by atoms with Crippen molar-refractivity contribution in [2.45, 2.75) is 19.2 Å². The van der Waals surface area contributed by atoms with Crippen LogP contribution in [0.25, 0.3) is 0 Å². The molecule has 5 N–H and O–H groups in total. The molecule has 5 nitrogen and oxygen atoms in total. The van der Waals surface area contributed by atoms with E-state index in [1.54, 1.807) is 18.2 Å². The molecule has 3 aromatic carbocycles. The molecule has 0 spiro atoms. The lowest BCUT2D eigenvalue weighted by atomic mass is 10.1. The molecule has 5 heteroatoms. The van der Waals surface area contributed by atoms with Crippen LogP contribution in [0.5, 0.6) is 5.75 Å². The Hall–Kier alpha value is -3.02. The van der Waals surface area contributed by atoms with Gasteiger partial charge in [0.05, 0.1) is 11.4 Å². The smallest absolute Gasteiger partial charge is 0.121 e. The molecule has 0 saturated carbocycles. The number of aliphatic hydroxyl groups excluding tert-OH is 1. The summed E-state index contributed by atoms with van der Waals surface area (Å²) in [6.07, 6.45) is -0.633. The van der Waals surface area contributed by atoms with Crippen LogP contribution in [0.4, 0.5) is 11.4 Å². The molecule has 0 aliphatic heterocycles. The van der Waals surface area contributed by atoms with Gasteiger partial charge in [0, 0.05) is 25.7 Å². The largest absolute Gasteiger partial charge is 0.491 e. The highest BCUT2D eigenvalue weighted by atomic mass is 16.5. The summed E-state index contributed by atoms with van der Waals surface area (Å²) in [6.45, 7) is 2.18. The van der Waals surface area contributed by atoms with E-state index in [2.05, 4.69) is 29.2 Å². The standard InChI is InChI=1S/C23H27N3O2/c24-22-12-11-21(13-23(22)25)28-17-20(27)16-26(14-18-7-3-1-4-8-18)15-19-9-5-2-6-10-19/h1-13,20,27H,14-17,24-25H2. The summed E-state index contributed by atoms with van der Waals surface area (Å²) >= 11 is 0. The second-order valence-corrected chi connectivity index (χ2v) is 6.90. The summed E-state index contributed by atoms with van der Waals surface area (Å²) in [5.74, 6) is 0.600. The minimum Gasteiger partial charge on any atom is -0.491 e. The third-order valence-electron chi connectivity index (χ3n) is 4.47. The van der Waals surface area contributed by atoms with E-state index in [0.29, 0.717) is 23.7 Å². The average Bonchev–Trinajstić information content (AvgIpc) is 2.70. The van der Waals surface area contributed by atoms with Crippen molar-refractivity contribution < 1.29 is 9.84 Å². The zero-order valence-corrected chi connectivity index (χ0v) is 15.9. The predicted molar refractivity (Wildman–Crippen MR) is 114 cm³/mol. The quantitative estimate of drug-likeness (QED) is 0.498. The van der Waals surface area contributed by atoms with E-state index >= 15 is 0 Å². The maximum absolute atomic E-state index is 10.5. The zero-order valence-electron chi connectivity index (χ0n) is 15.9. The molecule has 0 amide bonds. The first-order chi connectivity index (χ1) is 13.6. The van der Waals surface area contributed by atoms with Crippen LogP contribution >= 0.6 is 0 Å². The molecule has 0 aliphatic carbocycles. The van der Waals surface area contributed by atoms with Crippen LogP contribution in [0.3, 0.4) is 0 Å². The Morgan fingerprint density at radius 2 is 1.36 bits per heavy atom. The van der Waals surface area contributed by atoms with Crippen molar-refractivity contribution in [1.82, 2.24) is 4.90 Å². The molecule has 1 atom stereocenters. The zero-order chi connectivity index (χ0) is 19.8. The monoisotopic (exact) mass is 377 g/mol. The summed E-state index contributed by atoms with van der Waals surface area (Å²) in [4.78, 5) is 2.22. The van der Waals surface area contributed by atoms with Crippen LogP contribution in [-0.4, -0.2) is 29.3 Å². The third-order valence-corrected chi connectivity index (χ3v) is 4.47. The van der Waals surface area contributed by atoms with Gasteiger partial charge in [-0.2, -0.15) is 0 Å². The van der Waals surface area contributed by atoms with Crippen molar-refractivity contribution >= 4 is 11.4 Å². The summed E-state index contributed by atoms with van der Waals surface area (Å²) in [7, 11) is 0. The van der Waals surface area contributed by atoms with E-state index in [9.17, 15) is 5.11 Å². The first-order valence-electron chi connectivity index (χ1n) is 9.36. The Morgan fingerprint density at radius 1 is 0.786 bits per heavy atom. The van der Waals surface area contributed by atoms with Crippen molar-refractivity contribution in [3.05, 3.63) is 90.0 Å². The van der Waals surface area contributed by atoms with E-state index in [-0.39, 0.29) is 6.61 Å². The fraction of sp³-hybridized carbons (Fsp3) is 0.217. The Bertz CT molecular complexity index is 815. The van der Waals surface area contributed by atoms with Crippen molar-refractivity contribution in [2.24, 2.45) is 0 Å². The molecule has 3 aromatic rings. The average molecular weight is 377 g/mol. The van der Waals surface area contributed by atoms with Gasteiger partial charge in [-0.3, -0.25) is 4.90 Å². The number of nitrogen functional groups attached to an aromatic ring is 2. The van der Waals surface area contributed by atoms with E-state index in [0.717, 1.165) is 13.1 Å². The first-order valence-corrected chi connectivity index (χ1v) is 9.36. The van der Waals surface area contributed by atoms with Gasteiger partial charge < -0.3 is 21.3 Å². The molecule has 0 saturated heterocycles. The van der Waals surface area contributed by atoms with Gasteiger partial charge in [-0.1, -0.05) is 60.7 Å². The molecule has 0 aliphatic rings. The SMILES string of the molecule is Nc1ccc(OCC(O)CN(Cc2ccccc2)Cc2ccccc2)cc1N. The van der Waals surface area contributed by atoms with E-state index < -0.39 is 6.10 Å². The Kier molecular flexibility index (Phi) is 6.89. The van der Waals surface area contributed by atoms with Crippen molar-refractivity contribution in [1.29, 1.82) is 0 Å². The van der Waals surface area contributed by atoms with Crippen molar-refractivity contribution in [3.8, 4) is 5.75 Å². The number of hydrogen-bond acceptors (Lipinski definition) is 5. The van der Waals surface area contributed by atoms with Gasteiger partial charge in [-0.05, 0) is 23.3 Å². The molecule has 0 fully saturated rings. The summed E-state index contributed by atoms with van der Waals surface area (Å²) < 4.78 is 5.69. The van der Waals surface area contributed by atoms with Gasteiger partial charge in [0.15, 0.2) is 0 Å². The maximum Gasteiger partial charge on any atom is 0.121 e. The van der Waals surface area contributed by atoms with Crippen LogP contribution in [0.1, 0.15) is 11.1 Å². The number of anilines is 2. The van der Waals surface area contributed by atoms with E-state index in [4.69, 9.17) is 16.2 Å². The van der Waals surface area contributed by atoms with Gasteiger partial charge in [0.25, 0.3) is 0 Å². The number of nitrogens with two attached hydrogens (primary N) is 2. The van der Waals surface area contributed by atoms with Crippen LogP contribution in [0.2, 0.25) is 0 Å². The lowest BCUT2D eigenvalue weighted by Crippen LogP contribution is -2.35. The maximum atomic E-state index is 10.5. The highest BCUT2D eigenvalue weighted by molar-refractivity contribution is 5.65. The Morgan fingerprint density at radius 3 is 1.89 bits per heavy atom. The molecule has 0 bridgehead atoms. The molecule has 0 radical (unpaired) electrons. The molecule has 3 rings (SSSR count). The summed E-state index contributed by atoms with van der Waals surface area (Å²) in [6, 6.07) is 25.6. The van der Waals surface area contributed by atoms with Gasteiger partial charge >= 0.3 is 0 Å². The molecule has 146 valence electrons. The molecular formula is C23H27N3O2. The van der Waals surface area contributed by atoms with E-state index in [1.807, 2.05) is 36.4 Å². The number of nitrogens with zero attached hydrogens (tertiary/aromatic N) is 1. The fourth-order valence-electron chi connectivity index (χ4n) is 3.05. The van der Waals surface area contributed by atoms with Gasteiger partial charge in [0.1, 0.15) is 18.5 Å².